The van der Waals surface area contributed by atoms with Crippen LogP contribution in [0.5, 0.6) is 5.75 Å². The Morgan fingerprint density at radius 2 is 1.55 bits per heavy atom. The lowest BCUT2D eigenvalue weighted by molar-refractivity contribution is 0.229. The first-order chi connectivity index (χ1) is 15.3. The fraction of sp³-hybridized carbons (Fsp3) is 0.423. The molecule has 0 aliphatic carbocycles. The lowest BCUT2D eigenvalue weighted by atomic mass is 10.1. The molecule has 0 saturated carbocycles. The summed E-state index contributed by atoms with van der Waals surface area (Å²) < 4.78 is 9.46. The van der Waals surface area contributed by atoms with E-state index >= 15 is 0 Å². The van der Waals surface area contributed by atoms with E-state index in [2.05, 4.69) is 77.9 Å². The van der Waals surface area contributed by atoms with Crippen LogP contribution in [0.1, 0.15) is 46.0 Å². The van der Waals surface area contributed by atoms with Crippen LogP contribution in [0, 0.1) is 0 Å². The summed E-state index contributed by atoms with van der Waals surface area (Å²) in [7, 11) is 0. The summed E-state index contributed by atoms with van der Waals surface area (Å²) >= 11 is 1.73. The molecule has 0 amide bonds. The number of unbranched alkanes of at least 4 members (excludes halogenated alkanes) is 2. The SMILES string of the molecule is CCCCN(CCCC)CCCOc1ccc(-c2cn3c(n2)sc2ccccc23)cc1.Cl.Cl. The Kier molecular flexibility index (Phi) is 11.5. The van der Waals surface area contributed by atoms with Crippen molar-refractivity contribution >= 4 is 51.3 Å². The highest BCUT2D eigenvalue weighted by molar-refractivity contribution is 7.23. The predicted octanol–water partition coefficient (Wildman–Crippen LogP) is 7.73. The van der Waals surface area contributed by atoms with E-state index in [1.807, 2.05) is 0 Å². The van der Waals surface area contributed by atoms with Crippen LogP contribution < -0.4 is 4.74 Å². The van der Waals surface area contributed by atoms with Crippen molar-refractivity contribution in [3.05, 3.63) is 54.7 Å². The molecule has 2 aromatic carbocycles. The molecule has 7 heteroatoms. The number of halogens is 2. The third-order valence-electron chi connectivity index (χ3n) is 5.69. The highest BCUT2D eigenvalue weighted by atomic mass is 35.5. The van der Waals surface area contributed by atoms with E-state index in [4.69, 9.17) is 9.72 Å². The fourth-order valence-corrected chi connectivity index (χ4v) is 4.89. The normalized spacial score (nSPS) is 11.0. The van der Waals surface area contributed by atoms with Crippen LogP contribution >= 0.6 is 36.2 Å². The van der Waals surface area contributed by atoms with Gasteiger partial charge in [-0.05, 0) is 68.8 Å². The molecule has 2 aromatic heterocycles. The van der Waals surface area contributed by atoms with E-state index in [1.165, 1.54) is 49.0 Å². The van der Waals surface area contributed by atoms with Gasteiger partial charge in [0.1, 0.15) is 5.75 Å². The second-order valence-corrected chi connectivity index (χ2v) is 9.13. The molecular formula is C26H35Cl2N3OS. The predicted molar refractivity (Wildman–Crippen MR) is 147 cm³/mol. The topological polar surface area (TPSA) is 29.8 Å². The Morgan fingerprint density at radius 3 is 2.24 bits per heavy atom. The van der Waals surface area contributed by atoms with Crippen molar-refractivity contribution in [2.24, 2.45) is 0 Å². The third-order valence-corrected chi connectivity index (χ3v) is 6.73. The summed E-state index contributed by atoms with van der Waals surface area (Å²) in [6, 6.07) is 16.8. The first-order valence-electron chi connectivity index (χ1n) is 11.6. The zero-order chi connectivity index (χ0) is 21.5. The molecule has 180 valence electrons. The van der Waals surface area contributed by atoms with Gasteiger partial charge >= 0.3 is 0 Å². The van der Waals surface area contributed by atoms with Crippen molar-refractivity contribution in [3.8, 4) is 17.0 Å². The van der Waals surface area contributed by atoms with E-state index in [0.717, 1.165) is 41.5 Å². The molecule has 33 heavy (non-hydrogen) atoms. The van der Waals surface area contributed by atoms with Gasteiger partial charge in [0.25, 0.3) is 0 Å². The zero-order valence-corrected chi connectivity index (χ0v) is 22.0. The highest BCUT2D eigenvalue weighted by Crippen LogP contribution is 2.29. The van der Waals surface area contributed by atoms with Gasteiger partial charge < -0.3 is 9.64 Å². The van der Waals surface area contributed by atoms with E-state index < -0.39 is 0 Å². The number of para-hydroxylation sites is 1. The number of thiazole rings is 1. The number of nitrogens with zero attached hydrogens (tertiary/aromatic N) is 3. The lowest BCUT2D eigenvalue weighted by Crippen LogP contribution is -2.28. The first-order valence-corrected chi connectivity index (χ1v) is 12.4. The number of imidazole rings is 1. The molecular weight excluding hydrogens is 473 g/mol. The van der Waals surface area contributed by atoms with E-state index in [-0.39, 0.29) is 24.8 Å². The molecule has 0 aliphatic heterocycles. The maximum Gasteiger partial charge on any atom is 0.195 e. The van der Waals surface area contributed by atoms with Crippen LogP contribution in [-0.2, 0) is 0 Å². The second-order valence-electron chi connectivity index (χ2n) is 8.12. The number of hydrogen-bond acceptors (Lipinski definition) is 4. The minimum atomic E-state index is 0. The largest absolute Gasteiger partial charge is 0.494 e. The Balaban J connectivity index is 0.00000193. The number of rotatable bonds is 12. The van der Waals surface area contributed by atoms with Crippen molar-refractivity contribution in [2.45, 2.75) is 46.0 Å². The van der Waals surface area contributed by atoms with Gasteiger partial charge in [-0.3, -0.25) is 4.40 Å². The minimum absolute atomic E-state index is 0. The van der Waals surface area contributed by atoms with E-state index in [9.17, 15) is 0 Å². The number of fused-ring (bicyclic) bond motifs is 3. The summed E-state index contributed by atoms with van der Waals surface area (Å²) in [6.07, 6.45) is 8.29. The van der Waals surface area contributed by atoms with E-state index in [1.54, 1.807) is 11.3 Å². The van der Waals surface area contributed by atoms with Gasteiger partial charge in [0.05, 0.1) is 22.5 Å². The summed E-state index contributed by atoms with van der Waals surface area (Å²) in [5.41, 5.74) is 3.34. The summed E-state index contributed by atoms with van der Waals surface area (Å²) in [5, 5.41) is 0. The summed E-state index contributed by atoms with van der Waals surface area (Å²) in [4.78, 5) is 8.45. The molecule has 0 radical (unpaired) electrons. The first kappa shape index (κ1) is 27.5. The smallest absolute Gasteiger partial charge is 0.195 e. The summed E-state index contributed by atoms with van der Waals surface area (Å²) in [5.74, 6) is 0.934. The van der Waals surface area contributed by atoms with Gasteiger partial charge in [0.15, 0.2) is 4.96 Å². The minimum Gasteiger partial charge on any atom is -0.494 e. The van der Waals surface area contributed by atoms with Crippen molar-refractivity contribution in [1.29, 1.82) is 0 Å². The van der Waals surface area contributed by atoms with Gasteiger partial charge in [0, 0.05) is 18.3 Å². The van der Waals surface area contributed by atoms with Gasteiger partial charge in [-0.1, -0.05) is 50.2 Å². The standard InChI is InChI=1S/C26H33N3OS.2ClH/c1-3-5-16-28(17-6-4-2)18-9-19-30-22-14-12-21(13-15-22)23-20-29-24-10-7-8-11-25(24)31-26(29)27-23;;/h7-8,10-15,20H,3-6,9,16-19H2,1-2H3;2*1H. The van der Waals surface area contributed by atoms with Crippen molar-refractivity contribution in [1.82, 2.24) is 14.3 Å². The van der Waals surface area contributed by atoms with Crippen LogP contribution in [-0.4, -0.2) is 40.5 Å². The molecule has 4 nitrogen and oxygen atoms in total. The van der Waals surface area contributed by atoms with Gasteiger partial charge in [-0.15, -0.1) is 24.8 Å². The maximum absolute atomic E-state index is 6.01. The Labute approximate surface area is 213 Å². The van der Waals surface area contributed by atoms with E-state index in [0.29, 0.717) is 0 Å². The molecule has 0 unspecified atom stereocenters. The maximum atomic E-state index is 6.01. The molecule has 4 rings (SSSR count). The third kappa shape index (κ3) is 7.10. The average molecular weight is 509 g/mol. The Morgan fingerprint density at radius 1 is 0.879 bits per heavy atom. The summed E-state index contributed by atoms with van der Waals surface area (Å²) in [6.45, 7) is 8.84. The number of benzene rings is 2. The number of ether oxygens (including phenoxy) is 1. The van der Waals surface area contributed by atoms with Crippen LogP contribution in [0.15, 0.2) is 54.7 Å². The van der Waals surface area contributed by atoms with Gasteiger partial charge in [-0.2, -0.15) is 0 Å². The van der Waals surface area contributed by atoms with Crippen LogP contribution in [0.25, 0.3) is 26.4 Å². The molecule has 0 N–H and O–H groups in total. The molecule has 0 bridgehead atoms. The molecule has 0 fully saturated rings. The van der Waals surface area contributed by atoms with Crippen molar-refractivity contribution in [2.75, 3.05) is 26.2 Å². The Bertz CT molecular complexity index is 1090. The number of hydrogen-bond donors (Lipinski definition) is 0. The lowest BCUT2D eigenvalue weighted by Gasteiger charge is -2.21. The average Bonchev–Trinajstić information content (AvgIpc) is 3.36. The molecule has 0 atom stereocenters. The second kappa shape index (κ2) is 13.8. The fourth-order valence-electron chi connectivity index (χ4n) is 3.89. The molecule has 2 heterocycles. The van der Waals surface area contributed by atoms with Crippen LogP contribution in [0.4, 0.5) is 0 Å². The van der Waals surface area contributed by atoms with Crippen molar-refractivity contribution in [3.63, 3.8) is 0 Å². The quantitative estimate of drug-likeness (QED) is 0.183. The number of aromatic nitrogens is 2. The van der Waals surface area contributed by atoms with Crippen LogP contribution in [0.2, 0.25) is 0 Å². The zero-order valence-electron chi connectivity index (χ0n) is 19.5. The highest BCUT2D eigenvalue weighted by Gasteiger charge is 2.10. The molecule has 0 saturated heterocycles. The Hall–Kier alpha value is -1.79. The molecule has 0 aliphatic rings. The van der Waals surface area contributed by atoms with Crippen LogP contribution in [0.3, 0.4) is 0 Å². The van der Waals surface area contributed by atoms with Crippen molar-refractivity contribution < 1.29 is 4.74 Å². The van der Waals surface area contributed by atoms with Gasteiger partial charge in [-0.25, -0.2) is 4.98 Å². The van der Waals surface area contributed by atoms with Gasteiger partial charge in [0.2, 0.25) is 0 Å². The monoisotopic (exact) mass is 507 g/mol. The molecule has 0 spiro atoms. The molecule has 4 aromatic rings.